The summed E-state index contributed by atoms with van der Waals surface area (Å²) < 4.78 is 5.52. The van der Waals surface area contributed by atoms with Crippen LogP contribution in [0.3, 0.4) is 0 Å². The van der Waals surface area contributed by atoms with Crippen molar-refractivity contribution in [3.8, 4) is 0 Å². The summed E-state index contributed by atoms with van der Waals surface area (Å²) >= 11 is 0. The number of hydrogen-bond acceptors (Lipinski definition) is 3. The lowest BCUT2D eigenvalue weighted by molar-refractivity contribution is 0.136. The van der Waals surface area contributed by atoms with Gasteiger partial charge in [0, 0.05) is 30.8 Å². The molecule has 2 aromatic rings. The molecule has 0 spiro atoms. The summed E-state index contributed by atoms with van der Waals surface area (Å²) in [5.41, 5.74) is 2.37. The highest BCUT2D eigenvalue weighted by Gasteiger charge is 2.14. The van der Waals surface area contributed by atoms with E-state index in [1.54, 1.807) is 0 Å². The van der Waals surface area contributed by atoms with E-state index in [1.807, 2.05) is 19.2 Å². The largest absolute Gasteiger partial charge is 0.382 e. The zero-order valence-corrected chi connectivity index (χ0v) is 12.4. The van der Waals surface area contributed by atoms with E-state index in [-0.39, 0.29) is 0 Å². The average Bonchev–Trinajstić information content (AvgIpc) is 2.50. The molecule has 0 fully saturated rings. The second kappa shape index (κ2) is 7.98. The number of pyridine rings is 1. The lowest BCUT2D eigenvalue weighted by Crippen LogP contribution is -2.24. The van der Waals surface area contributed by atoms with E-state index in [1.165, 1.54) is 10.9 Å². The molecule has 1 aromatic heterocycles. The molecule has 108 valence electrons. The van der Waals surface area contributed by atoms with Gasteiger partial charge in [-0.2, -0.15) is 0 Å². The first-order chi connectivity index (χ1) is 9.86. The molecule has 2 rings (SSSR count). The molecule has 0 aliphatic rings. The molecule has 0 amide bonds. The molecule has 3 nitrogen and oxygen atoms in total. The Morgan fingerprint density at radius 2 is 2.05 bits per heavy atom. The molecule has 0 bridgehead atoms. The van der Waals surface area contributed by atoms with Gasteiger partial charge in [-0.15, -0.1) is 0 Å². The second-order valence-electron chi connectivity index (χ2n) is 4.91. The van der Waals surface area contributed by atoms with Crippen molar-refractivity contribution < 1.29 is 4.74 Å². The summed E-state index contributed by atoms with van der Waals surface area (Å²) in [5.74, 6) is 0. The number of para-hydroxylation sites is 1. The van der Waals surface area contributed by atoms with Crippen molar-refractivity contribution in [3.05, 3.63) is 42.1 Å². The Bertz CT molecular complexity index is 522. The van der Waals surface area contributed by atoms with Gasteiger partial charge >= 0.3 is 0 Å². The average molecular weight is 272 g/mol. The van der Waals surface area contributed by atoms with Crippen molar-refractivity contribution in [3.63, 3.8) is 0 Å². The van der Waals surface area contributed by atoms with Crippen molar-refractivity contribution in [1.29, 1.82) is 0 Å². The molecule has 1 atom stereocenters. The van der Waals surface area contributed by atoms with Gasteiger partial charge in [-0.05, 0) is 37.9 Å². The van der Waals surface area contributed by atoms with Gasteiger partial charge in [0.15, 0.2) is 0 Å². The Kier molecular flexibility index (Phi) is 5.96. The molecular formula is C17H24N2O. The molecule has 0 saturated carbocycles. The summed E-state index contributed by atoms with van der Waals surface area (Å²) in [6.45, 7) is 6.79. The molecule has 1 N–H and O–H groups in total. The third-order valence-corrected chi connectivity index (χ3v) is 3.44. The van der Waals surface area contributed by atoms with Crippen molar-refractivity contribution in [2.45, 2.75) is 32.7 Å². The Hall–Kier alpha value is -1.45. The zero-order chi connectivity index (χ0) is 14.2. The number of rotatable bonds is 8. The van der Waals surface area contributed by atoms with Gasteiger partial charge in [-0.25, -0.2) is 0 Å². The number of nitrogens with zero attached hydrogens (tertiary/aromatic N) is 1. The highest BCUT2D eigenvalue weighted by Crippen LogP contribution is 2.24. The van der Waals surface area contributed by atoms with Gasteiger partial charge in [-0.3, -0.25) is 4.98 Å². The fourth-order valence-corrected chi connectivity index (χ4v) is 2.44. The van der Waals surface area contributed by atoms with Gasteiger partial charge in [0.05, 0.1) is 5.52 Å². The van der Waals surface area contributed by atoms with Gasteiger partial charge in [-0.1, -0.05) is 31.2 Å². The van der Waals surface area contributed by atoms with Crippen molar-refractivity contribution in [2.75, 3.05) is 19.8 Å². The van der Waals surface area contributed by atoms with Crippen molar-refractivity contribution in [2.24, 2.45) is 0 Å². The number of fused-ring (bicyclic) bond motifs is 1. The Morgan fingerprint density at radius 3 is 2.85 bits per heavy atom. The smallest absolute Gasteiger partial charge is 0.0749 e. The van der Waals surface area contributed by atoms with E-state index in [9.17, 15) is 0 Å². The number of aromatic nitrogens is 1. The Balaban J connectivity index is 2.24. The lowest BCUT2D eigenvalue weighted by atomic mass is 10.0. The van der Waals surface area contributed by atoms with Crippen LogP contribution in [0.1, 0.15) is 38.3 Å². The number of nitrogens with one attached hydrogen (secondary N) is 1. The molecule has 20 heavy (non-hydrogen) atoms. The quantitative estimate of drug-likeness (QED) is 0.744. The number of ether oxygens (including phenoxy) is 1. The lowest BCUT2D eigenvalue weighted by Gasteiger charge is -2.20. The molecule has 1 unspecified atom stereocenters. The van der Waals surface area contributed by atoms with Crippen LogP contribution in [0, 0.1) is 0 Å². The first-order valence-corrected chi connectivity index (χ1v) is 7.51. The Morgan fingerprint density at radius 1 is 1.20 bits per heavy atom. The van der Waals surface area contributed by atoms with Crippen LogP contribution < -0.4 is 5.32 Å². The maximum Gasteiger partial charge on any atom is 0.0749 e. The molecular weight excluding hydrogens is 248 g/mol. The standard InChI is InChI=1S/C17H24N2O/c1-3-11-18-16(10-13-20-4-2)15-9-5-7-14-8-6-12-19-17(14)15/h5-9,12,16,18H,3-4,10-11,13H2,1-2H3. The van der Waals surface area contributed by atoms with E-state index >= 15 is 0 Å². The molecule has 0 radical (unpaired) electrons. The minimum absolute atomic E-state index is 0.306. The Labute approximate surface area is 121 Å². The van der Waals surface area contributed by atoms with Crippen LogP contribution in [-0.4, -0.2) is 24.7 Å². The summed E-state index contributed by atoms with van der Waals surface area (Å²) in [6.07, 6.45) is 3.97. The molecule has 0 aliphatic carbocycles. The molecule has 0 saturated heterocycles. The second-order valence-corrected chi connectivity index (χ2v) is 4.91. The van der Waals surface area contributed by atoms with E-state index in [0.717, 1.165) is 38.1 Å². The summed E-state index contributed by atoms with van der Waals surface area (Å²) in [6, 6.07) is 10.8. The van der Waals surface area contributed by atoms with E-state index in [0.29, 0.717) is 6.04 Å². The van der Waals surface area contributed by atoms with Crippen LogP contribution in [0.2, 0.25) is 0 Å². The fourth-order valence-electron chi connectivity index (χ4n) is 2.44. The normalized spacial score (nSPS) is 12.7. The number of benzene rings is 1. The fraction of sp³-hybridized carbons (Fsp3) is 0.471. The molecule has 0 aliphatic heterocycles. The SMILES string of the molecule is CCCNC(CCOCC)c1cccc2cccnc12. The minimum Gasteiger partial charge on any atom is -0.382 e. The summed E-state index contributed by atoms with van der Waals surface area (Å²) in [4.78, 5) is 4.56. The third-order valence-electron chi connectivity index (χ3n) is 3.44. The van der Waals surface area contributed by atoms with Crippen LogP contribution in [0.15, 0.2) is 36.5 Å². The van der Waals surface area contributed by atoms with E-state index in [4.69, 9.17) is 4.74 Å². The molecule has 1 heterocycles. The third kappa shape index (κ3) is 3.78. The van der Waals surface area contributed by atoms with Crippen LogP contribution in [0.4, 0.5) is 0 Å². The van der Waals surface area contributed by atoms with Gasteiger partial charge in [0.2, 0.25) is 0 Å². The predicted octanol–water partition coefficient (Wildman–Crippen LogP) is 3.70. The molecule has 3 heteroatoms. The monoisotopic (exact) mass is 272 g/mol. The highest BCUT2D eigenvalue weighted by molar-refractivity contribution is 5.81. The van der Waals surface area contributed by atoms with Crippen LogP contribution in [-0.2, 0) is 4.74 Å². The first-order valence-electron chi connectivity index (χ1n) is 7.51. The van der Waals surface area contributed by atoms with Crippen LogP contribution in [0.5, 0.6) is 0 Å². The highest BCUT2D eigenvalue weighted by atomic mass is 16.5. The van der Waals surface area contributed by atoms with Crippen molar-refractivity contribution in [1.82, 2.24) is 10.3 Å². The minimum atomic E-state index is 0.306. The van der Waals surface area contributed by atoms with Crippen LogP contribution in [0.25, 0.3) is 10.9 Å². The molecule has 1 aromatic carbocycles. The first kappa shape index (κ1) is 14.9. The topological polar surface area (TPSA) is 34.1 Å². The van der Waals surface area contributed by atoms with E-state index < -0.39 is 0 Å². The maximum atomic E-state index is 5.52. The zero-order valence-electron chi connectivity index (χ0n) is 12.4. The van der Waals surface area contributed by atoms with Crippen LogP contribution >= 0.6 is 0 Å². The van der Waals surface area contributed by atoms with Gasteiger partial charge in [0.1, 0.15) is 0 Å². The predicted molar refractivity (Wildman–Crippen MR) is 83.9 cm³/mol. The van der Waals surface area contributed by atoms with Crippen molar-refractivity contribution >= 4 is 10.9 Å². The van der Waals surface area contributed by atoms with E-state index in [2.05, 4.69) is 41.5 Å². The number of hydrogen-bond donors (Lipinski definition) is 1. The van der Waals surface area contributed by atoms with Gasteiger partial charge in [0.25, 0.3) is 0 Å². The maximum absolute atomic E-state index is 5.52. The summed E-state index contributed by atoms with van der Waals surface area (Å²) in [5, 5.41) is 4.82. The van der Waals surface area contributed by atoms with Gasteiger partial charge < -0.3 is 10.1 Å². The summed E-state index contributed by atoms with van der Waals surface area (Å²) in [7, 11) is 0.